The zero-order valence-corrected chi connectivity index (χ0v) is 13.5. The van der Waals surface area contributed by atoms with Gasteiger partial charge in [-0.25, -0.2) is 0 Å². The molecule has 1 aliphatic rings. The van der Waals surface area contributed by atoms with Crippen LogP contribution in [0.5, 0.6) is 0 Å². The molecule has 1 fully saturated rings. The van der Waals surface area contributed by atoms with Gasteiger partial charge in [-0.3, -0.25) is 9.69 Å². The average molecular weight is 310 g/mol. The minimum absolute atomic E-state index is 0.0950. The predicted octanol–water partition coefficient (Wildman–Crippen LogP) is 2.06. The molecule has 0 saturated carbocycles. The molecule has 0 spiro atoms. The lowest BCUT2D eigenvalue weighted by atomic mass is 10.0. The Hall–Kier alpha value is -1.10. The lowest BCUT2D eigenvalue weighted by Gasteiger charge is -2.36. The Morgan fingerprint density at radius 3 is 3.05 bits per heavy atom. The van der Waals surface area contributed by atoms with Crippen LogP contribution in [-0.4, -0.2) is 43.5 Å². The van der Waals surface area contributed by atoms with Gasteiger partial charge in [-0.15, -0.1) is 0 Å². The summed E-state index contributed by atoms with van der Waals surface area (Å²) < 4.78 is 0. The van der Waals surface area contributed by atoms with Gasteiger partial charge in [0.1, 0.15) is 0 Å². The van der Waals surface area contributed by atoms with Crippen LogP contribution in [0, 0.1) is 5.92 Å². The molecule has 1 atom stereocenters. The molecule has 1 amide bonds. The first kappa shape index (κ1) is 16.3. The lowest BCUT2D eigenvalue weighted by molar-refractivity contribution is -0.123. The summed E-state index contributed by atoms with van der Waals surface area (Å²) in [7, 11) is 0. The average Bonchev–Trinajstić information content (AvgIpc) is 2.46. The number of nitrogens with zero attached hydrogens (tertiary/aromatic N) is 1. The third-order valence-electron chi connectivity index (χ3n) is 3.64. The van der Waals surface area contributed by atoms with E-state index >= 15 is 0 Å². The molecule has 2 rings (SSSR count). The van der Waals surface area contributed by atoms with Gasteiger partial charge in [0, 0.05) is 37.2 Å². The van der Waals surface area contributed by atoms with Crippen molar-refractivity contribution >= 4 is 17.5 Å². The maximum Gasteiger partial charge on any atom is 0.234 e. The fraction of sp³-hybridized carbons (Fsp3) is 0.562. The number of hydrogen-bond donors (Lipinski definition) is 2. The Morgan fingerprint density at radius 2 is 2.33 bits per heavy atom. The Labute approximate surface area is 131 Å². The van der Waals surface area contributed by atoms with E-state index in [1.165, 1.54) is 0 Å². The number of carbonyl (C=O) groups excluding carboxylic acids is 1. The number of piperazine rings is 1. The molecule has 2 N–H and O–H groups in total. The maximum atomic E-state index is 12.1. The van der Waals surface area contributed by atoms with E-state index in [4.69, 9.17) is 11.6 Å². The molecule has 116 valence electrons. The Balaban J connectivity index is 2.00. The highest BCUT2D eigenvalue weighted by Gasteiger charge is 2.25. The van der Waals surface area contributed by atoms with Crippen molar-refractivity contribution in [1.82, 2.24) is 15.5 Å². The van der Waals surface area contributed by atoms with Crippen LogP contribution in [0.1, 0.15) is 25.5 Å². The monoisotopic (exact) mass is 309 g/mol. The van der Waals surface area contributed by atoms with Crippen molar-refractivity contribution in [2.24, 2.45) is 5.92 Å². The van der Waals surface area contributed by atoms with E-state index in [9.17, 15) is 4.79 Å². The number of hydrogen-bond acceptors (Lipinski definition) is 3. The summed E-state index contributed by atoms with van der Waals surface area (Å²) in [5.74, 6) is 0.568. The van der Waals surface area contributed by atoms with Crippen LogP contribution in [-0.2, 0) is 4.79 Å². The highest BCUT2D eigenvalue weighted by Crippen LogP contribution is 2.24. The summed E-state index contributed by atoms with van der Waals surface area (Å²) in [4.78, 5) is 14.3. The normalized spacial score (nSPS) is 19.7. The molecular formula is C16H24ClN3O. The first-order chi connectivity index (χ1) is 10.1. The molecule has 1 aliphatic heterocycles. The summed E-state index contributed by atoms with van der Waals surface area (Å²) in [5.41, 5.74) is 1.16. The van der Waals surface area contributed by atoms with Crippen LogP contribution in [0.15, 0.2) is 24.3 Å². The molecule has 1 aromatic rings. The zero-order chi connectivity index (χ0) is 15.2. The van der Waals surface area contributed by atoms with E-state index in [0.717, 1.165) is 36.8 Å². The molecule has 0 radical (unpaired) electrons. The van der Waals surface area contributed by atoms with Crippen molar-refractivity contribution in [3.05, 3.63) is 34.9 Å². The van der Waals surface area contributed by atoms with E-state index in [-0.39, 0.29) is 11.9 Å². The van der Waals surface area contributed by atoms with Crippen LogP contribution >= 0.6 is 11.6 Å². The van der Waals surface area contributed by atoms with E-state index < -0.39 is 0 Å². The van der Waals surface area contributed by atoms with Gasteiger partial charge in [-0.2, -0.15) is 0 Å². The summed E-state index contributed by atoms with van der Waals surface area (Å²) in [6.45, 7) is 7.98. The van der Waals surface area contributed by atoms with E-state index in [1.54, 1.807) is 0 Å². The van der Waals surface area contributed by atoms with Crippen LogP contribution in [0.2, 0.25) is 5.02 Å². The standard InChI is InChI=1S/C16H24ClN3O/c1-12(2)9-19-16(21)11-20-7-6-18-10-15(20)13-4-3-5-14(17)8-13/h3-5,8,12,15,18H,6-7,9-11H2,1-2H3,(H,19,21). The summed E-state index contributed by atoms with van der Waals surface area (Å²) in [6.07, 6.45) is 0. The fourth-order valence-electron chi connectivity index (χ4n) is 2.54. The van der Waals surface area contributed by atoms with Crippen LogP contribution in [0.3, 0.4) is 0 Å². The molecule has 5 heteroatoms. The van der Waals surface area contributed by atoms with Gasteiger partial charge in [0.15, 0.2) is 0 Å². The van der Waals surface area contributed by atoms with Crippen LogP contribution in [0.4, 0.5) is 0 Å². The number of halogens is 1. The number of amides is 1. The van der Waals surface area contributed by atoms with Crippen molar-refractivity contribution in [2.75, 3.05) is 32.7 Å². The predicted molar refractivity (Wildman–Crippen MR) is 86.5 cm³/mol. The number of nitrogens with one attached hydrogen (secondary N) is 2. The topological polar surface area (TPSA) is 44.4 Å². The summed E-state index contributed by atoms with van der Waals surface area (Å²) >= 11 is 6.08. The third-order valence-corrected chi connectivity index (χ3v) is 3.88. The highest BCUT2D eigenvalue weighted by molar-refractivity contribution is 6.30. The smallest absolute Gasteiger partial charge is 0.234 e. The molecule has 1 heterocycles. The van der Waals surface area contributed by atoms with Gasteiger partial charge in [-0.05, 0) is 23.6 Å². The number of benzene rings is 1. The molecule has 1 unspecified atom stereocenters. The second kappa shape index (κ2) is 7.78. The Bertz CT molecular complexity index is 478. The second-order valence-corrected chi connectivity index (χ2v) is 6.38. The third kappa shape index (κ3) is 4.99. The van der Waals surface area contributed by atoms with Gasteiger partial charge < -0.3 is 10.6 Å². The van der Waals surface area contributed by atoms with Crippen LogP contribution in [0.25, 0.3) is 0 Å². The number of rotatable bonds is 5. The van der Waals surface area contributed by atoms with Gasteiger partial charge in [0.25, 0.3) is 0 Å². The Kier molecular flexibility index (Phi) is 6.03. The lowest BCUT2D eigenvalue weighted by Crippen LogP contribution is -2.49. The van der Waals surface area contributed by atoms with E-state index in [2.05, 4.69) is 35.4 Å². The first-order valence-corrected chi connectivity index (χ1v) is 7.91. The molecule has 21 heavy (non-hydrogen) atoms. The van der Waals surface area contributed by atoms with E-state index in [0.29, 0.717) is 12.5 Å². The van der Waals surface area contributed by atoms with Gasteiger partial charge in [0.05, 0.1) is 6.54 Å². The molecule has 0 bridgehead atoms. The van der Waals surface area contributed by atoms with Crippen molar-refractivity contribution < 1.29 is 4.79 Å². The SMILES string of the molecule is CC(C)CNC(=O)CN1CCNCC1c1cccc(Cl)c1. The maximum absolute atomic E-state index is 12.1. The quantitative estimate of drug-likeness (QED) is 0.875. The summed E-state index contributed by atoms with van der Waals surface area (Å²) in [6, 6.07) is 8.09. The van der Waals surface area contributed by atoms with Crippen molar-refractivity contribution in [3.8, 4) is 0 Å². The minimum atomic E-state index is 0.0950. The molecule has 0 aromatic heterocycles. The van der Waals surface area contributed by atoms with E-state index in [1.807, 2.05) is 18.2 Å². The van der Waals surface area contributed by atoms with Gasteiger partial charge in [-0.1, -0.05) is 37.6 Å². The molecule has 1 aromatic carbocycles. The van der Waals surface area contributed by atoms with Crippen molar-refractivity contribution in [1.29, 1.82) is 0 Å². The van der Waals surface area contributed by atoms with Crippen LogP contribution < -0.4 is 10.6 Å². The number of carbonyl (C=O) groups is 1. The molecule has 0 aliphatic carbocycles. The fourth-order valence-corrected chi connectivity index (χ4v) is 2.74. The van der Waals surface area contributed by atoms with Gasteiger partial charge in [0.2, 0.25) is 5.91 Å². The molecular weight excluding hydrogens is 286 g/mol. The van der Waals surface area contributed by atoms with Gasteiger partial charge >= 0.3 is 0 Å². The first-order valence-electron chi connectivity index (χ1n) is 7.53. The zero-order valence-electron chi connectivity index (χ0n) is 12.7. The minimum Gasteiger partial charge on any atom is -0.355 e. The largest absolute Gasteiger partial charge is 0.355 e. The molecule has 4 nitrogen and oxygen atoms in total. The summed E-state index contributed by atoms with van der Waals surface area (Å²) in [5, 5.41) is 7.11. The Morgan fingerprint density at radius 1 is 1.52 bits per heavy atom. The van der Waals surface area contributed by atoms with Crippen molar-refractivity contribution in [2.45, 2.75) is 19.9 Å². The second-order valence-electron chi connectivity index (χ2n) is 5.94. The van der Waals surface area contributed by atoms with Crippen molar-refractivity contribution in [3.63, 3.8) is 0 Å². The highest BCUT2D eigenvalue weighted by atomic mass is 35.5. The molecule has 1 saturated heterocycles.